The number of nitrogens with zero attached hydrogens (tertiary/aromatic N) is 1. The minimum atomic E-state index is -1.48. The molecule has 0 aliphatic carbocycles. The van der Waals surface area contributed by atoms with Crippen LogP contribution in [0.2, 0.25) is 0 Å². The van der Waals surface area contributed by atoms with E-state index >= 15 is 0 Å². The number of halogens is 4. The van der Waals surface area contributed by atoms with Crippen LogP contribution in [0.3, 0.4) is 0 Å². The maximum absolute atomic E-state index is 13.5. The van der Waals surface area contributed by atoms with Crippen LogP contribution < -0.4 is 0 Å². The number of rotatable bonds is 4. The van der Waals surface area contributed by atoms with E-state index in [-0.39, 0.29) is 12.0 Å². The molecule has 0 aliphatic rings. The van der Waals surface area contributed by atoms with Gasteiger partial charge in [-0.25, -0.2) is 17.6 Å². The standard InChI is InChI=1S/C14H17F4NO/c1-5-14(2,3)13(20)19(4)7-8-11(17)9(15)6-10(16)12(8)18/h6H,5,7H2,1-4H3. The van der Waals surface area contributed by atoms with E-state index in [2.05, 4.69) is 0 Å². The largest absolute Gasteiger partial charge is 0.341 e. The van der Waals surface area contributed by atoms with Crippen molar-refractivity contribution in [1.29, 1.82) is 0 Å². The lowest BCUT2D eigenvalue weighted by Gasteiger charge is -2.28. The van der Waals surface area contributed by atoms with Crippen molar-refractivity contribution in [2.24, 2.45) is 5.41 Å². The van der Waals surface area contributed by atoms with Gasteiger partial charge < -0.3 is 4.90 Å². The lowest BCUT2D eigenvalue weighted by molar-refractivity contribution is -0.139. The van der Waals surface area contributed by atoms with E-state index in [0.29, 0.717) is 6.42 Å². The second kappa shape index (κ2) is 5.81. The molecular formula is C14H17F4NO. The molecule has 0 N–H and O–H groups in total. The van der Waals surface area contributed by atoms with E-state index < -0.39 is 40.8 Å². The second-order valence-corrected chi connectivity index (χ2v) is 5.35. The Bertz CT molecular complexity index is 502. The molecule has 0 heterocycles. The molecule has 0 fully saturated rings. The number of carbonyl (C=O) groups excluding carboxylic acids is 1. The van der Waals surface area contributed by atoms with Crippen molar-refractivity contribution in [2.45, 2.75) is 33.7 Å². The number of amides is 1. The molecule has 0 spiro atoms. The van der Waals surface area contributed by atoms with Gasteiger partial charge in [0.05, 0.1) is 6.54 Å². The zero-order valence-corrected chi connectivity index (χ0v) is 11.9. The minimum Gasteiger partial charge on any atom is -0.341 e. The van der Waals surface area contributed by atoms with Crippen LogP contribution in [0.5, 0.6) is 0 Å². The summed E-state index contributed by atoms with van der Waals surface area (Å²) < 4.78 is 53.2. The molecule has 6 heteroatoms. The lowest BCUT2D eigenvalue weighted by atomic mass is 9.88. The third-order valence-corrected chi connectivity index (χ3v) is 3.41. The molecule has 0 unspecified atom stereocenters. The van der Waals surface area contributed by atoms with Crippen molar-refractivity contribution >= 4 is 5.91 Å². The zero-order chi connectivity index (χ0) is 15.7. The lowest BCUT2D eigenvalue weighted by Crippen LogP contribution is -2.38. The van der Waals surface area contributed by atoms with Crippen molar-refractivity contribution in [2.75, 3.05) is 7.05 Å². The molecule has 0 aliphatic heterocycles. The summed E-state index contributed by atoms with van der Waals surface area (Å²) >= 11 is 0. The van der Waals surface area contributed by atoms with E-state index in [1.807, 2.05) is 0 Å². The van der Waals surface area contributed by atoms with Crippen molar-refractivity contribution in [3.8, 4) is 0 Å². The summed E-state index contributed by atoms with van der Waals surface area (Å²) in [6.45, 7) is 4.64. The maximum atomic E-state index is 13.5. The van der Waals surface area contributed by atoms with Crippen LogP contribution in [0.25, 0.3) is 0 Å². The highest BCUT2D eigenvalue weighted by atomic mass is 19.2. The molecule has 1 aromatic rings. The highest BCUT2D eigenvalue weighted by Gasteiger charge is 2.30. The molecule has 20 heavy (non-hydrogen) atoms. The summed E-state index contributed by atoms with van der Waals surface area (Å²) in [5, 5.41) is 0. The molecular weight excluding hydrogens is 274 g/mol. The first-order valence-corrected chi connectivity index (χ1v) is 6.19. The third-order valence-electron chi connectivity index (χ3n) is 3.41. The number of hydrogen-bond donors (Lipinski definition) is 0. The van der Waals surface area contributed by atoms with Crippen LogP contribution in [0, 0.1) is 28.7 Å². The van der Waals surface area contributed by atoms with E-state index in [0.717, 1.165) is 4.90 Å². The first kappa shape index (κ1) is 16.5. The van der Waals surface area contributed by atoms with Crippen LogP contribution in [0.15, 0.2) is 6.07 Å². The molecule has 1 aromatic carbocycles. The maximum Gasteiger partial charge on any atom is 0.228 e. The molecule has 0 atom stereocenters. The molecule has 1 rings (SSSR count). The first-order chi connectivity index (χ1) is 9.11. The Morgan fingerprint density at radius 2 is 1.60 bits per heavy atom. The van der Waals surface area contributed by atoms with Crippen LogP contribution >= 0.6 is 0 Å². The fourth-order valence-corrected chi connectivity index (χ4v) is 1.74. The number of carbonyl (C=O) groups is 1. The Morgan fingerprint density at radius 3 is 2.00 bits per heavy atom. The number of hydrogen-bond acceptors (Lipinski definition) is 1. The Morgan fingerprint density at radius 1 is 1.15 bits per heavy atom. The Balaban J connectivity index is 3.09. The normalized spacial score (nSPS) is 11.6. The zero-order valence-electron chi connectivity index (χ0n) is 11.9. The highest BCUT2D eigenvalue weighted by Crippen LogP contribution is 2.25. The SMILES string of the molecule is CCC(C)(C)C(=O)N(C)Cc1c(F)c(F)cc(F)c1F. The van der Waals surface area contributed by atoms with Crippen molar-refractivity contribution in [3.05, 3.63) is 34.9 Å². The summed E-state index contributed by atoms with van der Waals surface area (Å²) in [4.78, 5) is 13.1. The van der Waals surface area contributed by atoms with Crippen LogP contribution in [-0.4, -0.2) is 17.9 Å². The van der Waals surface area contributed by atoms with Crippen LogP contribution in [-0.2, 0) is 11.3 Å². The highest BCUT2D eigenvalue weighted by molar-refractivity contribution is 5.81. The molecule has 0 bridgehead atoms. The summed E-state index contributed by atoms with van der Waals surface area (Å²) in [6.07, 6.45) is 0.526. The molecule has 2 nitrogen and oxygen atoms in total. The third kappa shape index (κ3) is 3.11. The molecule has 0 saturated heterocycles. The van der Waals surface area contributed by atoms with E-state index in [4.69, 9.17) is 0 Å². The van der Waals surface area contributed by atoms with E-state index in [9.17, 15) is 22.4 Å². The van der Waals surface area contributed by atoms with Crippen molar-refractivity contribution in [3.63, 3.8) is 0 Å². The fraction of sp³-hybridized carbons (Fsp3) is 0.500. The monoisotopic (exact) mass is 291 g/mol. The van der Waals surface area contributed by atoms with Crippen molar-refractivity contribution in [1.82, 2.24) is 4.90 Å². The van der Waals surface area contributed by atoms with E-state index in [1.165, 1.54) is 7.05 Å². The second-order valence-electron chi connectivity index (χ2n) is 5.35. The smallest absolute Gasteiger partial charge is 0.228 e. The van der Waals surface area contributed by atoms with Gasteiger partial charge in [0.1, 0.15) is 0 Å². The summed E-state index contributed by atoms with van der Waals surface area (Å²) in [5.41, 5.74) is -1.50. The van der Waals surface area contributed by atoms with Gasteiger partial charge in [-0.3, -0.25) is 4.79 Å². The van der Waals surface area contributed by atoms with Crippen LogP contribution in [0.4, 0.5) is 17.6 Å². The van der Waals surface area contributed by atoms with Gasteiger partial charge in [-0.1, -0.05) is 20.8 Å². The molecule has 0 aromatic heterocycles. The molecule has 0 saturated carbocycles. The van der Waals surface area contributed by atoms with Gasteiger partial charge >= 0.3 is 0 Å². The van der Waals surface area contributed by atoms with Crippen molar-refractivity contribution < 1.29 is 22.4 Å². The Kier molecular flexibility index (Phi) is 4.78. The molecule has 1 amide bonds. The van der Waals surface area contributed by atoms with Gasteiger partial charge in [0.2, 0.25) is 5.91 Å². The average molecular weight is 291 g/mol. The van der Waals surface area contributed by atoms with Gasteiger partial charge in [0.15, 0.2) is 23.3 Å². The molecule has 0 radical (unpaired) electrons. The van der Waals surface area contributed by atoms with Gasteiger partial charge in [-0.2, -0.15) is 0 Å². The number of benzene rings is 1. The Hall–Kier alpha value is -1.59. The van der Waals surface area contributed by atoms with Gasteiger partial charge in [-0.05, 0) is 6.42 Å². The summed E-state index contributed by atoms with van der Waals surface area (Å²) in [6, 6.07) is 0.145. The quantitative estimate of drug-likeness (QED) is 0.612. The molecule has 112 valence electrons. The van der Waals surface area contributed by atoms with Gasteiger partial charge in [-0.15, -0.1) is 0 Å². The predicted octanol–water partition coefficient (Wildman–Crippen LogP) is 3.64. The van der Waals surface area contributed by atoms with Crippen LogP contribution in [0.1, 0.15) is 32.8 Å². The average Bonchev–Trinajstić information content (AvgIpc) is 2.40. The first-order valence-electron chi connectivity index (χ1n) is 6.19. The van der Waals surface area contributed by atoms with Gasteiger partial charge in [0, 0.05) is 24.1 Å². The Labute approximate surface area is 115 Å². The predicted molar refractivity (Wildman–Crippen MR) is 66.8 cm³/mol. The summed E-state index contributed by atoms with van der Waals surface area (Å²) in [7, 11) is 1.33. The minimum absolute atomic E-state index is 0.145. The fourth-order valence-electron chi connectivity index (χ4n) is 1.74. The topological polar surface area (TPSA) is 20.3 Å². The van der Waals surface area contributed by atoms with Gasteiger partial charge in [0.25, 0.3) is 0 Å². The summed E-state index contributed by atoms with van der Waals surface area (Å²) in [5.74, 6) is -6.26. The van der Waals surface area contributed by atoms with E-state index in [1.54, 1.807) is 20.8 Å².